The van der Waals surface area contributed by atoms with Crippen molar-refractivity contribution < 1.29 is 37.3 Å². The zero-order valence-electron chi connectivity index (χ0n) is 34.9. The lowest BCUT2D eigenvalue weighted by Gasteiger charge is -2.37. The topological polar surface area (TPSA) is 168 Å². The number of carbonyl (C=O) groups excluding carboxylic acids is 2. The van der Waals surface area contributed by atoms with Crippen molar-refractivity contribution in [3.63, 3.8) is 0 Å². The lowest BCUT2D eigenvalue weighted by atomic mass is 10.2. The quantitative estimate of drug-likeness (QED) is 0.133. The summed E-state index contributed by atoms with van der Waals surface area (Å²) in [7, 11) is 4.98. The van der Waals surface area contributed by atoms with Crippen LogP contribution in [0, 0.1) is 11.6 Å². The fourth-order valence-corrected chi connectivity index (χ4v) is 7.44. The summed E-state index contributed by atoms with van der Waals surface area (Å²) < 4.78 is 50.9. The van der Waals surface area contributed by atoms with Crippen LogP contribution in [0.1, 0.15) is 13.8 Å². The summed E-state index contributed by atoms with van der Waals surface area (Å²) in [6, 6.07) is 15.8. The molecule has 2 amide bonds. The van der Waals surface area contributed by atoms with E-state index in [1.807, 2.05) is 20.9 Å². The van der Waals surface area contributed by atoms with Gasteiger partial charge in [0.25, 0.3) is 0 Å². The first-order valence-electron chi connectivity index (χ1n) is 19.8. The molecule has 8 rings (SSSR count). The van der Waals surface area contributed by atoms with Gasteiger partial charge in [0, 0.05) is 74.3 Å². The van der Waals surface area contributed by atoms with Crippen LogP contribution in [0.3, 0.4) is 0 Å². The number of aromatic nitrogens is 4. The molecule has 0 aliphatic carbocycles. The summed E-state index contributed by atoms with van der Waals surface area (Å²) in [4.78, 5) is 48.1. The molecule has 0 saturated carbocycles. The number of likely N-dealkylation sites (N-methyl/N-ethyl adjacent to an activating group) is 1. The lowest BCUT2D eigenvalue weighted by molar-refractivity contribution is 0.0886. The Hall–Kier alpha value is -6.34. The highest BCUT2D eigenvalue weighted by Crippen LogP contribution is 2.38. The minimum Gasteiger partial charge on any atom is -0.493 e. The van der Waals surface area contributed by atoms with Crippen LogP contribution in [0.15, 0.2) is 73.3 Å². The number of amides is 2. The van der Waals surface area contributed by atoms with Crippen molar-refractivity contribution in [3.8, 4) is 23.0 Å². The number of nitrogens with zero attached hydrogens (tertiary/aromatic N) is 7. The van der Waals surface area contributed by atoms with Crippen LogP contribution >= 0.6 is 23.2 Å². The molecular formula is C43H44Cl2F2N10O6. The number of methoxy groups -OCH3 is 2. The zero-order chi connectivity index (χ0) is 44.8. The van der Waals surface area contributed by atoms with E-state index in [9.17, 15) is 18.4 Å². The summed E-state index contributed by atoms with van der Waals surface area (Å²) in [5, 5.41) is 10.1. The monoisotopic (exact) mass is 904 g/mol. The first-order valence-corrected chi connectivity index (χ1v) is 20.5. The maximum Gasteiger partial charge on any atom is 0.415 e. The van der Waals surface area contributed by atoms with Crippen LogP contribution in [0.4, 0.5) is 41.4 Å². The molecule has 4 aromatic carbocycles. The summed E-state index contributed by atoms with van der Waals surface area (Å²) in [5.74, 6) is 0.629. The van der Waals surface area contributed by atoms with Gasteiger partial charge in [0.15, 0.2) is 34.6 Å². The first-order chi connectivity index (χ1) is 30.3. The average Bonchev–Trinajstić information content (AvgIpc) is 3.27. The van der Waals surface area contributed by atoms with Gasteiger partial charge in [-0.15, -0.1) is 0 Å². The molecule has 20 heteroatoms. The highest BCUT2D eigenvalue weighted by atomic mass is 35.5. The maximum absolute atomic E-state index is 14.4. The van der Waals surface area contributed by atoms with Crippen molar-refractivity contribution in [3.05, 3.63) is 95.0 Å². The molecule has 0 radical (unpaired) electrons. The molecule has 2 aliphatic heterocycles. The molecule has 330 valence electrons. The van der Waals surface area contributed by atoms with E-state index in [4.69, 9.17) is 42.1 Å². The third-order valence-electron chi connectivity index (χ3n) is 10.4. The van der Waals surface area contributed by atoms with Crippen LogP contribution in [0.2, 0.25) is 10.0 Å². The van der Waals surface area contributed by atoms with Crippen molar-refractivity contribution in [1.29, 1.82) is 0 Å². The van der Waals surface area contributed by atoms with Crippen LogP contribution in [-0.4, -0.2) is 119 Å². The van der Waals surface area contributed by atoms with Gasteiger partial charge in [0.2, 0.25) is 0 Å². The summed E-state index contributed by atoms with van der Waals surface area (Å²) >= 11 is 11.8. The maximum atomic E-state index is 14.4. The van der Waals surface area contributed by atoms with Crippen LogP contribution in [0.25, 0.3) is 21.8 Å². The highest BCUT2D eigenvalue weighted by molar-refractivity contribution is 6.31. The fraction of sp³-hybridized carbons (Fsp3) is 0.302. The predicted molar refractivity (Wildman–Crippen MR) is 236 cm³/mol. The normalized spacial score (nSPS) is 16.5. The molecule has 0 spiro atoms. The van der Waals surface area contributed by atoms with E-state index in [0.29, 0.717) is 71.1 Å². The van der Waals surface area contributed by atoms with E-state index in [1.165, 1.54) is 39.0 Å². The number of carbonyl (C=O) groups is 2. The number of hydrogen-bond acceptors (Lipinski definition) is 14. The van der Waals surface area contributed by atoms with Gasteiger partial charge in [0.05, 0.1) is 46.7 Å². The average molecular weight is 906 g/mol. The zero-order valence-corrected chi connectivity index (χ0v) is 36.4. The Kier molecular flexibility index (Phi) is 14.0. The van der Waals surface area contributed by atoms with Crippen molar-refractivity contribution in [2.75, 3.05) is 71.2 Å². The summed E-state index contributed by atoms with van der Waals surface area (Å²) in [6.07, 6.45) is 1.76. The van der Waals surface area contributed by atoms with Gasteiger partial charge >= 0.3 is 12.2 Å². The summed E-state index contributed by atoms with van der Waals surface area (Å²) in [5.41, 5.74) is 1.40. The number of benzene rings is 4. The van der Waals surface area contributed by atoms with Gasteiger partial charge in [-0.2, -0.15) is 0 Å². The molecule has 2 atom stereocenters. The predicted octanol–water partition coefficient (Wildman–Crippen LogP) is 8.28. The Labute approximate surface area is 371 Å². The lowest BCUT2D eigenvalue weighted by Crippen LogP contribution is -2.53. The molecule has 2 aliphatic rings. The molecule has 0 unspecified atom stereocenters. The Morgan fingerprint density at radius 2 is 1.19 bits per heavy atom. The SMILES string of the molecule is COc1cc2ncnc(Nc3cccc(Cl)c3F)c2cc1OC(=O)N1CCN(C)C[C@H]1C.COc1cc2ncnc(Nc3cccc(Cl)c3F)c2cc1OC(=O)N1CCNC[C@H]1C. The van der Waals surface area contributed by atoms with Crippen molar-refractivity contribution >= 4 is 80.2 Å². The molecule has 16 nitrogen and oxygen atoms in total. The summed E-state index contributed by atoms with van der Waals surface area (Å²) in [6.45, 7) is 7.94. The van der Waals surface area contributed by atoms with Crippen LogP contribution in [0.5, 0.6) is 23.0 Å². The van der Waals surface area contributed by atoms with Gasteiger partial charge < -0.3 is 49.6 Å². The minimum atomic E-state index is -0.594. The minimum absolute atomic E-state index is 0.000864. The van der Waals surface area contributed by atoms with Gasteiger partial charge in [-0.3, -0.25) is 0 Å². The number of ether oxygens (including phenoxy) is 4. The van der Waals surface area contributed by atoms with Gasteiger partial charge in [0.1, 0.15) is 24.3 Å². The van der Waals surface area contributed by atoms with E-state index in [1.54, 1.807) is 58.3 Å². The number of anilines is 4. The van der Waals surface area contributed by atoms with Crippen LogP contribution < -0.4 is 34.9 Å². The van der Waals surface area contributed by atoms with Crippen molar-refractivity contribution in [1.82, 2.24) is 40.0 Å². The third kappa shape index (κ3) is 10.1. The van der Waals surface area contributed by atoms with E-state index in [-0.39, 0.29) is 45.0 Å². The van der Waals surface area contributed by atoms with E-state index >= 15 is 0 Å². The number of hydrogen-bond donors (Lipinski definition) is 3. The fourth-order valence-electron chi connectivity index (χ4n) is 7.09. The molecule has 0 bridgehead atoms. The second-order valence-electron chi connectivity index (χ2n) is 14.7. The largest absolute Gasteiger partial charge is 0.493 e. The van der Waals surface area contributed by atoms with Gasteiger partial charge in [-0.1, -0.05) is 35.3 Å². The molecule has 2 aromatic heterocycles. The van der Waals surface area contributed by atoms with Gasteiger partial charge in [-0.25, -0.2) is 38.3 Å². The standard InChI is InChI=1S/C22H23ClFN5O3.C21H21ClFN5O3/c1-13-11-28(2)7-8-29(13)22(30)32-19-9-14-17(10-18(19)31-3)25-12-26-21(14)27-16-6-4-5-15(23)20(16)24;1-12-10-24-6-7-28(12)21(29)31-18-8-13-16(9-17(18)30-2)25-11-26-20(13)27-15-5-3-4-14(22)19(15)23/h4-6,9-10,12-13H,7-8,11H2,1-3H3,(H,25,26,27);3-5,8-9,11-12,24H,6-7,10H2,1-2H3,(H,25,26,27)/t13-;12-/m11/s1. The number of fused-ring (bicyclic) bond motifs is 2. The number of halogens is 4. The molecule has 4 heterocycles. The van der Waals surface area contributed by atoms with E-state index in [2.05, 4.69) is 40.8 Å². The second kappa shape index (κ2) is 19.8. The number of piperazine rings is 2. The third-order valence-corrected chi connectivity index (χ3v) is 11.0. The Balaban J connectivity index is 0.000000189. The molecular weight excluding hydrogens is 861 g/mol. The molecule has 63 heavy (non-hydrogen) atoms. The molecule has 2 fully saturated rings. The molecule has 6 aromatic rings. The number of nitrogens with one attached hydrogen (secondary N) is 3. The molecule has 2 saturated heterocycles. The van der Waals surface area contributed by atoms with E-state index in [0.717, 1.165) is 13.1 Å². The van der Waals surface area contributed by atoms with Gasteiger partial charge in [-0.05, 0) is 57.3 Å². The van der Waals surface area contributed by atoms with Crippen molar-refractivity contribution in [2.45, 2.75) is 25.9 Å². The van der Waals surface area contributed by atoms with Crippen LogP contribution in [-0.2, 0) is 0 Å². The smallest absolute Gasteiger partial charge is 0.415 e. The highest BCUT2D eigenvalue weighted by Gasteiger charge is 2.29. The second-order valence-corrected chi connectivity index (χ2v) is 15.5. The Morgan fingerprint density at radius 1 is 0.698 bits per heavy atom. The van der Waals surface area contributed by atoms with E-state index < -0.39 is 23.8 Å². The number of rotatable bonds is 8. The Bertz CT molecular complexity index is 2650. The van der Waals surface area contributed by atoms with Crippen molar-refractivity contribution in [2.24, 2.45) is 0 Å². The Morgan fingerprint density at radius 3 is 1.65 bits per heavy atom. The first kappa shape index (κ1) is 44.7. The molecule has 3 N–H and O–H groups in total.